The van der Waals surface area contributed by atoms with Gasteiger partial charge in [0, 0.05) is 12.0 Å². The molecular weight excluding hydrogens is 224 g/mol. The van der Waals surface area contributed by atoms with Gasteiger partial charge < -0.3 is 10.6 Å². The van der Waals surface area contributed by atoms with Crippen molar-refractivity contribution in [3.05, 3.63) is 0 Å². The van der Waals surface area contributed by atoms with Gasteiger partial charge in [0.2, 0.25) is 5.91 Å². The molecule has 3 atom stereocenters. The molecule has 0 radical (unpaired) electrons. The Morgan fingerprint density at radius 3 is 2.72 bits per heavy atom. The van der Waals surface area contributed by atoms with Crippen LogP contribution in [0.1, 0.15) is 52.4 Å². The van der Waals surface area contributed by atoms with Crippen LogP contribution < -0.4 is 10.6 Å². The third kappa shape index (κ3) is 3.71. The minimum absolute atomic E-state index is 0.190. The van der Waals surface area contributed by atoms with E-state index in [1.807, 2.05) is 0 Å². The maximum absolute atomic E-state index is 12.2. The molecular formula is C15H28N2O. The van der Waals surface area contributed by atoms with Gasteiger partial charge in [-0.3, -0.25) is 4.79 Å². The maximum atomic E-state index is 12.2. The number of nitrogens with one attached hydrogen (secondary N) is 2. The van der Waals surface area contributed by atoms with E-state index in [2.05, 4.69) is 24.5 Å². The molecule has 1 aliphatic carbocycles. The quantitative estimate of drug-likeness (QED) is 0.806. The van der Waals surface area contributed by atoms with Gasteiger partial charge in [0.05, 0.1) is 0 Å². The predicted octanol–water partition coefficient (Wildman–Crippen LogP) is 2.32. The molecule has 1 amide bonds. The molecule has 1 saturated carbocycles. The number of carbonyl (C=O) groups excluding carboxylic acids is 1. The highest BCUT2D eigenvalue weighted by Crippen LogP contribution is 2.30. The van der Waals surface area contributed by atoms with E-state index in [-0.39, 0.29) is 11.8 Å². The fraction of sp³-hybridized carbons (Fsp3) is 0.933. The fourth-order valence-electron chi connectivity index (χ4n) is 3.41. The molecule has 0 spiro atoms. The van der Waals surface area contributed by atoms with Crippen molar-refractivity contribution in [3.8, 4) is 0 Å². The summed E-state index contributed by atoms with van der Waals surface area (Å²) < 4.78 is 0. The Morgan fingerprint density at radius 1 is 1.33 bits per heavy atom. The molecule has 3 heteroatoms. The summed E-state index contributed by atoms with van der Waals surface area (Å²) in [4.78, 5) is 12.2. The van der Waals surface area contributed by atoms with Crippen LogP contribution >= 0.6 is 0 Å². The highest BCUT2D eigenvalue weighted by Gasteiger charge is 2.26. The van der Waals surface area contributed by atoms with Crippen LogP contribution in [-0.4, -0.2) is 25.0 Å². The number of piperidine rings is 1. The molecule has 1 aliphatic heterocycles. The molecule has 18 heavy (non-hydrogen) atoms. The predicted molar refractivity (Wildman–Crippen MR) is 74.3 cm³/mol. The normalized spacial score (nSPS) is 31.2. The summed E-state index contributed by atoms with van der Waals surface area (Å²) >= 11 is 0. The third-order valence-electron chi connectivity index (χ3n) is 4.72. The number of hydrogen-bond acceptors (Lipinski definition) is 2. The van der Waals surface area contributed by atoms with E-state index in [1.165, 1.54) is 25.7 Å². The Balaban J connectivity index is 1.75. The zero-order valence-corrected chi connectivity index (χ0v) is 11.9. The van der Waals surface area contributed by atoms with Crippen LogP contribution in [0, 0.1) is 17.8 Å². The lowest BCUT2D eigenvalue weighted by Crippen LogP contribution is -2.49. The molecule has 2 fully saturated rings. The summed E-state index contributed by atoms with van der Waals surface area (Å²) in [6.45, 7) is 6.38. The van der Waals surface area contributed by atoms with E-state index >= 15 is 0 Å². The first kappa shape index (κ1) is 13.9. The molecule has 2 aliphatic rings. The molecule has 3 unspecified atom stereocenters. The Hall–Kier alpha value is -0.570. The van der Waals surface area contributed by atoms with Crippen molar-refractivity contribution in [2.75, 3.05) is 13.1 Å². The van der Waals surface area contributed by atoms with Crippen molar-refractivity contribution in [2.24, 2.45) is 17.8 Å². The number of amides is 1. The molecule has 104 valence electrons. The number of rotatable bonds is 4. The van der Waals surface area contributed by atoms with Crippen molar-refractivity contribution >= 4 is 5.91 Å². The van der Waals surface area contributed by atoms with Crippen LogP contribution in [0.25, 0.3) is 0 Å². The highest BCUT2D eigenvalue weighted by atomic mass is 16.1. The van der Waals surface area contributed by atoms with Crippen LogP contribution in [-0.2, 0) is 4.79 Å². The average molecular weight is 252 g/mol. The maximum Gasteiger partial charge on any atom is 0.223 e. The molecule has 3 nitrogen and oxygen atoms in total. The summed E-state index contributed by atoms with van der Waals surface area (Å²) in [5.41, 5.74) is 0. The van der Waals surface area contributed by atoms with Crippen molar-refractivity contribution in [2.45, 2.75) is 58.4 Å². The Morgan fingerprint density at radius 2 is 2.06 bits per heavy atom. The largest absolute Gasteiger partial charge is 0.353 e. The van der Waals surface area contributed by atoms with Gasteiger partial charge in [0.25, 0.3) is 0 Å². The summed E-state index contributed by atoms with van der Waals surface area (Å²) in [6, 6.07) is 0.379. The van der Waals surface area contributed by atoms with Crippen molar-refractivity contribution in [3.63, 3.8) is 0 Å². The topological polar surface area (TPSA) is 41.1 Å². The van der Waals surface area contributed by atoms with Crippen LogP contribution in [0.3, 0.4) is 0 Å². The highest BCUT2D eigenvalue weighted by molar-refractivity contribution is 5.78. The molecule has 1 heterocycles. The molecule has 0 aromatic carbocycles. The zero-order valence-electron chi connectivity index (χ0n) is 11.9. The molecule has 1 saturated heterocycles. The summed E-state index contributed by atoms with van der Waals surface area (Å²) in [6.07, 6.45) is 7.56. The SMILES string of the molecule is CC(CC1CCCC1)C(=O)NC1CCNCC1C. The summed E-state index contributed by atoms with van der Waals surface area (Å²) in [5, 5.41) is 6.64. The Bertz CT molecular complexity index is 274. The lowest BCUT2D eigenvalue weighted by atomic mass is 9.91. The standard InChI is InChI=1S/C15H28N2O/c1-11(9-13-5-3-4-6-13)15(18)17-14-7-8-16-10-12(14)2/h11-14,16H,3-10H2,1-2H3,(H,17,18). The molecule has 0 bridgehead atoms. The van der Waals surface area contributed by atoms with E-state index in [9.17, 15) is 4.79 Å². The Labute approximate surface area is 111 Å². The lowest BCUT2D eigenvalue weighted by molar-refractivity contribution is -0.126. The monoisotopic (exact) mass is 252 g/mol. The van der Waals surface area contributed by atoms with E-state index in [4.69, 9.17) is 0 Å². The van der Waals surface area contributed by atoms with E-state index in [0.717, 1.165) is 31.8 Å². The van der Waals surface area contributed by atoms with Crippen molar-refractivity contribution in [1.82, 2.24) is 10.6 Å². The smallest absolute Gasteiger partial charge is 0.223 e. The minimum atomic E-state index is 0.190. The van der Waals surface area contributed by atoms with E-state index in [1.54, 1.807) is 0 Å². The van der Waals surface area contributed by atoms with E-state index < -0.39 is 0 Å². The van der Waals surface area contributed by atoms with Gasteiger partial charge in [0.1, 0.15) is 0 Å². The molecule has 0 aromatic rings. The van der Waals surface area contributed by atoms with Gasteiger partial charge >= 0.3 is 0 Å². The molecule has 2 N–H and O–H groups in total. The van der Waals surface area contributed by atoms with Gasteiger partial charge in [-0.25, -0.2) is 0 Å². The van der Waals surface area contributed by atoms with E-state index in [0.29, 0.717) is 12.0 Å². The van der Waals surface area contributed by atoms with Crippen molar-refractivity contribution in [1.29, 1.82) is 0 Å². The fourth-order valence-corrected chi connectivity index (χ4v) is 3.41. The first-order chi connectivity index (χ1) is 8.66. The van der Waals surface area contributed by atoms with Crippen LogP contribution in [0.4, 0.5) is 0 Å². The van der Waals surface area contributed by atoms with Gasteiger partial charge in [-0.05, 0) is 37.8 Å². The number of carbonyl (C=O) groups is 1. The molecule has 0 aromatic heterocycles. The third-order valence-corrected chi connectivity index (χ3v) is 4.72. The van der Waals surface area contributed by atoms with Crippen LogP contribution in [0.2, 0.25) is 0 Å². The first-order valence-electron chi connectivity index (χ1n) is 7.68. The Kier molecular flexibility index (Phi) is 5.04. The van der Waals surface area contributed by atoms with Crippen LogP contribution in [0.5, 0.6) is 0 Å². The average Bonchev–Trinajstić information content (AvgIpc) is 2.84. The van der Waals surface area contributed by atoms with Crippen molar-refractivity contribution < 1.29 is 4.79 Å². The summed E-state index contributed by atoms with van der Waals surface area (Å²) in [7, 11) is 0. The van der Waals surface area contributed by atoms with Gasteiger partial charge in [-0.15, -0.1) is 0 Å². The summed E-state index contributed by atoms with van der Waals surface area (Å²) in [5.74, 6) is 1.83. The minimum Gasteiger partial charge on any atom is -0.353 e. The lowest BCUT2D eigenvalue weighted by Gasteiger charge is -2.31. The second-order valence-electron chi connectivity index (χ2n) is 6.37. The second kappa shape index (κ2) is 6.55. The van der Waals surface area contributed by atoms with Gasteiger partial charge in [-0.2, -0.15) is 0 Å². The number of hydrogen-bond donors (Lipinski definition) is 2. The van der Waals surface area contributed by atoms with Gasteiger partial charge in [-0.1, -0.05) is 39.5 Å². The zero-order chi connectivity index (χ0) is 13.0. The first-order valence-corrected chi connectivity index (χ1v) is 7.68. The second-order valence-corrected chi connectivity index (χ2v) is 6.37. The van der Waals surface area contributed by atoms with Gasteiger partial charge in [0.15, 0.2) is 0 Å². The van der Waals surface area contributed by atoms with Crippen LogP contribution in [0.15, 0.2) is 0 Å². The molecule has 2 rings (SSSR count).